The van der Waals surface area contributed by atoms with E-state index in [1.165, 1.54) is 13.2 Å². The molecule has 3 aromatic carbocycles. The first-order valence-electron chi connectivity index (χ1n) is 8.14. The number of benzene rings is 3. The van der Waals surface area contributed by atoms with E-state index in [1.807, 2.05) is 60.7 Å². The van der Waals surface area contributed by atoms with Crippen molar-refractivity contribution in [2.24, 2.45) is 5.73 Å². The molecule has 0 heterocycles. The summed E-state index contributed by atoms with van der Waals surface area (Å²) in [5.41, 5.74) is 14.6. The number of methoxy groups -OCH3 is 1. The van der Waals surface area contributed by atoms with Gasteiger partial charge in [0.1, 0.15) is 6.61 Å². The molecule has 0 bridgehead atoms. The van der Waals surface area contributed by atoms with Gasteiger partial charge in [0.25, 0.3) is 5.91 Å². The Morgan fingerprint density at radius 3 is 2.19 bits per heavy atom. The molecule has 0 saturated heterocycles. The topological polar surface area (TPSA) is 87.6 Å². The van der Waals surface area contributed by atoms with Crippen LogP contribution in [0.2, 0.25) is 0 Å². The van der Waals surface area contributed by atoms with E-state index >= 15 is 0 Å². The number of amides is 1. The van der Waals surface area contributed by atoms with Crippen LogP contribution in [0.1, 0.15) is 15.9 Å². The molecule has 0 aliphatic heterocycles. The Kier molecular flexibility index (Phi) is 5.08. The third-order valence-corrected chi connectivity index (χ3v) is 4.06. The predicted octanol–water partition coefficient (Wildman–Crippen LogP) is 3.62. The van der Waals surface area contributed by atoms with Crippen molar-refractivity contribution in [1.82, 2.24) is 0 Å². The first-order chi connectivity index (χ1) is 12.6. The normalized spacial score (nSPS) is 10.3. The van der Waals surface area contributed by atoms with E-state index in [0.29, 0.717) is 23.7 Å². The van der Waals surface area contributed by atoms with Gasteiger partial charge in [0.05, 0.1) is 23.9 Å². The molecule has 0 spiro atoms. The highest BCUT2D eigenvalue weighted by atomic mass is 16.5. The summed E-state index contributed by atoms with van der Waals surface area (Å²) < 4.78 is 11.5. The molecule has 132 valence electrons. The van der Waals surface area contributed by atoms with E-state index in [4.69, 9.17) is 20.9 Å². The number of ether oxygens (including phenoxy) is 2. The molecule has 0 aromatic heterocycles. The average molecular weight is 348 g/mol. The van der Waals surface area contributed by atoms with Crippen LogP contribution >= 0.6 is 0 Å². The predicted molar refractivity (Wildman–Crippen MR) is 102 cm³/mol. The second-order valence-corrected chi connectivity index (χ2v) is 5.75. The lowest BCUT2D eigenvalue weighted by atomic mass is 9.98. The van der Waals surface area contributed by atoms with Gasteiger partial charge in [-0.3, -0.25) is 4.79 Å². The molecule has 0 aliphatic rings. The molecule has 0 radical (unpaired) electrons. The highest BCUT2D eigenvalue weighted by Crippen LogP contribution is 2.44. The van der Waals surface area contributed by atoms with Crippen molar-refractivity contribution in [2.45, 2.75) is 6.61 Å². The molecule has 3 aromatic rings. The van der Waals surface area contributed by atoms with Crippen molar-refractivity contribution in [3.05, 3.63) is 77.9 Å². The number of rotatable bonds is 6. The molecular formula is C21H20N2O3. The number of primary amides is 1. The number of nitrogen functional groups attached to an aromatic ring is 1. The van der Waals surface area contributed by atoms with Crippen LogP contribution in [0.4, 0.5) is 5.69 Å². The van der Waals surface area contributed by atoms with Gasteiger partial charge in [-0.05, 0) is 17.2 Å². The van der Waals surface area contributed by atoms with Gasteiger partial charge < -0.3 is 20.9 Å². The molecule has 1 amide bonds. The Bertz CT molecular complexity index is 910. The summed E-state index contributed by atoms with van der Waals surface area (Å²) in [6.07, 6.45) is 0. The Hall–Kier alpha value is -3.47. The molecule has 5 nitrogen and oxygen atoms in total. The molecule has 26 heavy (non-hydrogen) atoms. The van der Waals surface area contributed by atoms with E-state index in [1.54, 1.807) is 0 Å². The zero-order chi connectivity index (χ0) is 18.5. The number of carbonyl (C=O) groups excluding carboxylic acids is 1. The van der Waals surface area contributed by atoms with Gasteiger partial charge in [0.2, 0.25) is 0 Å². The molecule has 3 rings (SSSR count). The lowest BCUT2D eigenvalue weighted by Gasteiger charge is -2.19. The average Bonchev–Trinajstić information content (AvgIpc) is 2.67. The highest BCUT2D eigenvalue weighted by Gasteiger charge is 2.22. The lowest BCUT2D eigenvalue weighted by molar-refractivity contribution is 0.100. The van der Waals surface area contributed by atoms with Crippen LogP contribution in [0, 0.1) is 0 Å². The Labute approximate surface area is 152 Å². The van der Waals surface area contributed by atoms with Crippen molar-refractivity contribution >= 4 is 11.6 Å². The van der Waals surface area contributed by atoms with E-state index in [-0.39, 0.29) is 11.3 Å². The minimum absolute atomic E-state index is 0.202. The summed E-state index contributed by atoms with van der Waals surface area (Å²) in [4.78, 5) is 11.8. The maximum Gasteiger partial charge on any atom is 0.250 e. The Balaban J connectivity index is 2.14. The van der Waals surface area contributed by atoms with Gasteiger partial charge in [-0.2, -0.15) is 0 Å². The van der Waals surface area contributed by atoms with Crippen LogP contribution in [-0.4, -0.2) is 13.0 Å². The quantitative estimate of drug-likeness (QED) is 0.666. The van der Waals surface area contributed by atoms with Crippen LogP contribution in [-0.2, 0) is 6.61 Å². The maximum atomic E-state index is 11.8. The number of hydrogen-bond donors (Lipinski definition) is 2. The summed E-state index contributed by atoms with van der Waals surface area (Å²) >= 11 is 0. The number of nitrogens with two attached hydrogens (primary N) is 2. The fourth-order valence-corrected chi connectivity index (χ4v) is 2.77. The monoisotopic (exact) mass is 348 g/mol. The zero-order valence-electron chi connectivity index (χ0n) is 14.4. The largest absolute Gasteiger partial charge is 0.493 e. The zero-order valence-corrected chi connectivity index (χ0v) is 14.4. The first-order valence-corrected chi connectivity index (χ1v) is 8.14. The molecule has 0 saturated carbocycles. The highest BCUT2D eigenvalue weighted by molar-refractivity contribution is 6.04. The minimum atomic E-state index is -0.618. The Morgan fingerprint density at radius 2 is 1.62 bits per heavy atom. The van der Waals surface area contributed by atoms with Crippen molar-refractivity contribution < 1.29 is 14.3 Å². The summed E-state index contributed by atoms with van der Waals surface area (Å²) in [7, 11) is 1.51. The van der Waals surface area contributed by atoms with Crippen molar-refractivity contribution in [3.63, 3.8) is 0 Å². The van der Waals surface area contributed by atoms with Gasteiger partial charge in [-0.25, -0.2) is 0 Å². The van der Waals surface area contributed by atoms with Gasteiger partial charge in [-0.1, -0.05) is 60.7 Å². The van der Waals surface area contributed by atoms with Crippen molar-refractivity contribution in [3.8, 4) is 22.6 Å². The molecule has 4 N–H and O–H groups in total. The van der Waals surface area contributed by atoms with E-state index in [0.717, 1.165) is 11.1 Å². The van der Waals surface area contributed by atoms with Crippen LogP contribution in [0.3, 0.4) is 0 Å². The molecule has 0 fully saturated rings. The van der Waals surface area contributed by atoms with Gasteiger partial charge in [-0.15, -0.1) is 0 Å². The maximum absolute atomic E-state index is 11.8. The number of carbonyl (C=O) groups is 1. The third-order valence-electron chi connectivity index (χ3n) is 4.06. The van der Waals surface area contributed by atoms with Crippen molar-refractivity contribution in [2.75, 3.05) is 12.8 Å². The molecule has 0 atom stereocenters. The standard InChI is InChI=1S/C21H20N2O3/c1-25-17-12-16(21(23)24)19(22)18(15-10-6-3-7-11-15)20(17)26-13-14-8-4-2-5-9-14/h2-12H,13,22H2,1H3,(H2,23,24). The van der Waals surface area contributed by atoms with Gasteiger partial charge in [0.15, 0.2) is 11.5 Å². The van der Waals surface area contributed by atoms with E-state index < -0.39 is 5.91 Å². The van der Waals surface area contributed by atoms with E-state index in [9.17, 15) is 4.79 Å². The number of hydrogen-bond acceptors (Lipinski definition) is 4. The summed E-state index contributed by atoms with van der Waals surface area (Å²) in [6.45, 7) is 0.340. The second kappa shape index (κ2) is 7.61. The summed E-state index contributed by atoms with van der Waals surface area (Å²) in [5.74, 6) is 0.264. The van der Waals surface area contributed by atoms with Crippen LogP contribution in [0.15, 0.2) is 66.7 Å². The fourth-order valence-electron chi connectivity index (χ4n) is 2.77. The van der Waals surface area contributed by atoms with E-state index in [2.05, 4.69) is 0 Å². The van der Waals surface area contributed by atoms with Crippen LogP contribution in [0.5, 0.6) is 11.5 Å². The van der Waals surface area contributed by atoms with Crippen molar-refractivity contribution in [1.29, 1.82) is 0 Å². The van der Waals surface area contributed by atoms with Crippen LogP contribution < -0.4 is 20.9 Å². The summed E-state index contributed by atoms with van der Waals surface area (Å²) in [5, 5.41) is 0. The second-order valence-electron chi connectivity index (χ2n) is 5.75. The lowest BCUT2D eigenvalue weighted by Crippen LogP contribution is -2.15. The van der Waals surface area contributed by atoms with Gasteiger partial charge in [0, 0.05) is 0 Å². The van der Waals surface area contributed by atoms with Crippen LogP contribution in [0.25, 0.3) is 11.1 Å². The Morgan fingerprint density at radius 1 is 1.00 bits per heavy atom. The van der Waals surface area contributed by atoms with Gasteiger partial charge >= 0.3 is 0 Å². The summed E-state index contributed by atoms with van der Waals surface area (Å²) in [6, 6.07) is 20.8. The molecule has 0 aliphatic carbocycles. The fraction of sp³-hybridized carbons (Fsp3) is 0.0952. The molecular weight excluding hydrogens is 328 g/mol. The molecule has 5 heteroatoms. The first kappa shape index (κ1) is 17.4. The number of anilines is 1. The minimum Gasteiger partial charge on any atom is -0.493 e. The smallest absolute Gasteiger partial charge is 0.250 e. The third kappa shape index (κ3) is 3.47. The molecule has 0 unspecified atom stereocenters. The SMILES string of the molecule is COc1cc(C(N)=O)c(N)c(-c2ccccc2)c1OCc1ccccc1.